The van der Waals surface area contributed by atoms with Gasteiger partial charge in [-0.2, -0.15) is 16.9 Å². The van der Waals surface area contributed by atoms with Gasteiger partial charge in [-0.3, -0.25) is 14.3 Å². The van der Waals surface area contributed by atoms with E-state index in [1.165, 1.54) is 10.4 Å². The molecule has 1 aliphatic rings. The Balaban J connectivity index is 1.09. The van der Waals surface area contributed by atoms with E-state index in [0.717, 1.165) is 40.7 Å². The van der Waals surface area contributed by atoms with E-state index in [1.807, 2.05) is 41.2 Å². The second-order valence-corrected chi connectivity index (χ2v) is 9.99. The Morgan fingerprint density at radius 1 is 1.25 bits per heavy atom. The second kappa shape index (κ2) is 9.30. The van der Waals surface area contributed by atoms with E-state index in [9.17, 15) is 9.59 Å². The number of thiophene rings is 1. The molecule has 164 valence electrons. The molecule has 3 heterocycles. The Bertz CT molecular complexity index is 1290. The number of thioether (sulfide) groups is 1. The zero-order chi connectivity index (χ0) is 21.9. The van der Waals surface area contributed by atoms with Gasteiger partial charge in [-0.05, 0) is 48.6 Å². The third kappa shape index (κ3) is 4.63. The number of anilines is 1. The molecule has 7 nitrogen and oxygen atoms in total. The van der Waals surface area contributed by atoms with E-state index >= 15 is 0 Å². The summed E-state index contributed by atoms with van der Waals surface area (Å²) < 4.78 is 1.86. The first-order chi connectivity index (χ1) is 15.7. The van der Waals surface area contributed by atoms with Gasteiger partial charge in [0.1, 0.15) is 10.7 Å². The lowest BCUT2D eigenvalue weighted by molar-refractivity contribution is -0.115. The van der Waals surface area contributed by atoms with Crippen molar-refractivity contribution in [1.29, 1.82) is 0 Å². The normalized spacial score (nSPS) is 12.9. The molecular formula is C23H23N5O2S2. The molecule has 9 heteroatoms. The molecule has 32 heavy (non-hydrogen) atoms. The van der Waals surface area contributed by atoms with Crippen LogP contribution in [0, 0.1) is 0 Å². The summed E-state index contributed by atoms with van der Waals surface area (Å²) >= 11 is 3.25. The largest absolute Gasteiger partial charge is 0.326 e. The van der Waals surface area contributed by atoms with E-state index in [4.69, 9.17) is 0 Å². The number of rotatable bonds is 8. The average molecular weight is 466 g/mol. The summed E-state index contributed by atoms with van der Waals surface area (Å²) in [5.74, 6) is 1.90. The van der Waals surface area contributed by atoms with Crippen molar-refractivity contribution in [1.82, 2.24) is 19.7 Å². The topological polar surface area (TPSA) is 92.7 Å². The second-order valence-electron chi connectivity index (χ2n) is 7.80. The number of hydrogen-bond acceptors (Lipinski definition) is 6. The van der Waals surface area contributed by atoms with Crippen LogP contribution in [0.5, 0.6) is 0 Å². The van der Waals surface area contributed by atoms with Gasteiger partial charge in [0, 0.05) is 35.1 Å². The fourth-order valence-electron chi connectivity index (χ4n) is 3.95. The van der Waals surface area contributed by atoms with E-state index < -0.39 is 0 Å². The van der Waals surface area contributed by atoms with Crippen molar-refractivity contribution >= 4 is 44.9 Å². The van der Waals surface area contributed by atoms with Crippen LogP contribution < -0.4 is 10.9 Å². The zero-order valence-corrected chi connectivity index (χ0v) is 19.1. The van der Waals surface area contributed by atoms with E-state index in [0.29, 0.717) is 30.3 Å². The quantitative estimate of drug-likeness (QED) is 0.384. The highest BCUT2D eigenvalue weighted by Crippen LogP contribution is 2.34. The predicted molar refractivity (Wildman–Crippen MR) is 129 cm³/mol. The van der Waals surface area contributed by atoms with Crippen LogP contribution >= 0.6 is 23.1 Å². The smallest absolute Gasteiger partial charge is 0.259 e. The van der Waals surface area contributed by atoms with Crippen LogP contribution in [0.2, 0.25) is 0 Å². The molecule has 1 aliphatic carbocycles. The minimum atomic E-state index is -0.0289. The molecular weight excluding hydrogens is 442 g/mol. The van der Waals surface area contributed by atoms with Crippen LogP contribution in [0.15, 0.2) is 47.5 Å². The van der Waals surface area contributed by atoms with Gasteiger partial charge >= 0.3 is 0 Å². The Kier molecular flexibility index (Phi) is 6.09. The zero-order valence-electron chi connectivity index (χ0n) is 17.5. The van der Waals surface area contributed by atoms with Crippen molar-refractivity contribution in [2.45, 2.75) is 38.0 Å². The lowest BCUT2D eigenvalue weighted by Crippen LogP contribution is -2.13. The number of aromatic amines is 1. The van der Waals surface area contributed by atoms with Gasteiger partial charge < -0.3 is 10.3 Å². The fraction of sp³-hybridized carbons (Fsp3) is 0.304. The monoisotopic (exact) mass is 465 g/mol. The summed E-state index contributed by atoms with van der Waals surface area (Å²) in [7, 11) is 0. The van der Waals surface area contributed by atoms with Crippen LogP contribution in [0.4, 0.5) is 5.69 Å². The molecule has 1 aromatic carbocycles. The number of H-pyrrole nitrogens is 1. The molecule has 0 aliphatic heterocycles. The molecule has 2 N–H and O–H groups in total. The number of benzene rings is 1. The summed E-state index contributed by atoms with van der Waals surface area (Å²) in [4.78, 5) is 34.5. The highest BCUT2D eigenvalue weighted by molar-refractivity contribution is 7.98. The highest BCUT2D eigenvalue weighted by Gasteiger charge is 2.21. The minimum Gasteiger partial charge on any atom is -0.326 e. The lowest BCUT2D eigenvalue weighted by Gasteiger charge is -2.07. The molecule has 0 atom stereocenters. The first-order valence-electron chi connectivity index (χ1n) is 10.6. The number of amides is 1. The van der Waals surface area contributed by atoms with Crippen molar-refractivity contribution < 1.29 is 4.79 Å². The molecule has 0 bridgehead atoms. The van der Waals surface area contributed by atoms with Gasteiger partial charge in [-0.15, -0.1) is 11.3 Å². The van der Waals surface area contributed by atoms with Crippen molar-refractivity contribution in [3.05, 3.63) is 74.9 Å². The lowest BCUT2D eigenvalue weighted by atomic mass is 10.2. The van der Waals surface area contributed by atoms with Crippen molar-refractivity contribution in [2.75, 3.05) is 11.1 Å². The van der Waals surface area contributed by atoms with Gasteiger partial charge in [0.25, 0.3) is 5.56 Å². The number of fused-ring (bicyclic) bond motifs is 3. The Morgan fingerprint density at radius 3 is 2.94 bits per heavy atom. The SMILES string of the molecule is O=C(CCSCc1nc2sc3c(c2c(=O)[nH]1)CCC3)Nc1ccc(Cn2cccn2)cc1. The maximum absolute atomic E-state index is 12.5. The molecule has 5 rings (SSSR count). The van der Waals surface area contributed by atoms with Gasteiger partial charge in [0.2, 0.25) is 5.91 Å². The number of aromatic nitrogens is 4. The van der Waals surface area contributed by atoms with E-state index in [2.05, 4.69) is 20.4 Å². The number of carbonyl (C=O) groups excluding carboxylic acids is 1. The summed E-state index contributed by atoms with van der Waals surface area (Å²) in [5.41, 5.74) is 3.07. The maximum atomic E-state index is 12.5. The molecule has 3 aromatic heterocycles. The molecule has 0 fully saturated rings. The van der Waals surface area contributed by atoms with Crippen LogP contribution in [0.25, 0.3) is 10.2 Å². The van der Waals surface area contributed by atoms with Gasteiger partial charge in [0.15, 0.2) is 0 Å². The Hall–Kier alpha value is -2.91. The molecule has 1 amide bonds. The molecule has 0 radical (unpaired) electrons. The van der Waals surface area contributed by atoms with Crippen molar-refractivity contribution in [3.63, 3.8) is 0 Å². The molecule has 0 spiro atoms. The standard InChI is InChI=1S/C23H23N5O2S2/c29-20(25-16-7-5-15(6-8-16)13-28-11-2-10-24-28)9-12-31-14-19-26-22(30)21-17-3-1-4-18(17)32-23(21)27-19/h2,5-8,10-11H,1,3-4,9,12-14H2,(H,25,29)(H,26,27,30). The number of carbonyl (C=O) groups is 1. The van der Waals surface area contributed by atoms with Crippen molar-refractivity contribution in [3.8, 4) is 0 Å². The summed E-state index contributed by atoms with van der Waals surface area (Å²) in [6.07, 6.45) is 7.25. The number of aryl methyl sites for hydroxylation is 2. The third-order valence-corrected chi connectivity index (χ3v) is 7.63. The predicted octanol–water partition coefficient (Wildman–Crippen LogP) is 3.98. The van der Waals surface area contributed by atoms with Gasteiger partial charge in [0.05, 0.1) is 17.7 Å². The number of nitrogens with one attached hydrogen (secondary N) is 2. The van der Waals surface area contributed by atoms with Gasteiger partial charge in [-0.25, -0.2) is 4.98 Å². The molecule has 0 saturated carbocycles. The summed E-state index contributed by atoms with van der Waals surface area (Å²) in [6, 6.07) is 9.69. The maximum Gasteiger partial charge on any atom is 0.259 e. The van der Waals surface area contributed by atoms with Crippen LogP contribution in [0.3, 0.4) is 0 Å². The molecule has 4 aromatic rings. The van der Waals surface area contributed by atoms with Crippen LogP contribution in [-0.4, -0.2) is 31.4 Å². The van der Waals surface area contributed by atoms with E-state index in [-0.39, 0.29) is 11.5 Å². The van der Waals surface area contributed by atoms with Gasteiger partial charge in [-0.1, -0.05) is 12.1 Å². The molecule has 0 unspecified atom stereocenters. The van der Waals surface area contributed by atoms with Crippen molar-refractivity contribution in [2.24, 2.45) is 0 Å². The first-order valence-corrected chi connectivity index (χ1v) is 12.6. The molecule has 0 saturated heterocycles. The van der Waals surface area contributed by atoms with Crippen LogP contribution in [-0.2, 0) is 29.9 Å². The summed E-state index contributed by atoms with van der Waals surface area (Å²) in [5, 5.41) is 7.92. The van der Waals surface area contributed by atoms with Crippen LogP contribution in [0.1, 0.15) is 34.7 Å². The highest BCUT2D eigenvalue weighted by atomic mass is 32.2. The Morgan fingerprint density at radius 2 is 2.12 bits per heavy atom. The summed E-state index contributed by atoms with van der Waals surface area (Å²) in [6.45, 7) is 0.702. The average Bonchev–Trinajstić information content (AvgIpc) is 3.50. The number of nitrogens with zero attached hydrogens (tertiary/aromatic N) is 3. The Labute approximate surface area is 193 Å². The third-order valence-electron chi connectivity index (χ3n) is 5.48. The fourth-order valence-corrected chi connectivity index (χ4v) is 6.03. The minimum absolute atomic E-state index is 0.0242. The van der Waals surface area contributed by atoms with E-state index in [1.54, 1.807) is 29.3 Å². The first kappa shape index (κ1) is 21.0. The number of hydrogen-bond donors (Lipinski definition) is 2.